The Bertz CT molecular complexity index is 1020. The van der Waals surface area contributed by atoms with E-state index in [-0.39, 0.29) is 17.6 Å². The first-order chi connectivity index (χ1) is 13.5. The Morgan fingerprint density at radius 3 is 2.75 bits per heavy atom. The number of hydrogen-bond donors (Lipinski definition) is 3. The number of methoxy groups -OCH3 is 1. The molecule has 1 heterocycles. The van der Waals surface area contributed by atoms with Crippen LogP contribution in [0.3, 0.4) is 0 Å². The maximum Gasteiger partial charge on any atom is 0.257 e. The van der Waals surface area contributed by atoms with E-state index in [4.69, 9.17) is 38.1 Å². The summed E-state index contributed by atoms with van der Waals surface area (Å²) in [4.78, 5) is 12.3. The monoisotopic (exact) mass is 416 g/mol. The molecule has 0 aliphatic carbocycles. The highest BCUT2D eigenvalue weighted by molar-refractivity contribution is 7.80. The van der Waals surface area contributed by atoms with Crippen LogP contribution in [0.15, 0.2) is 59.0 Å². The van der Waals surface area contributed by atoms with Gasteiger partial charge in [-0.2, -0.15) is 0 Å². The van der Waals surface area contributed by atoms with Crippen molar-refractivity contribution < 1.29 is 19.1 Å². The van der Waals surface area contributed by atoms with Crippen LogP contribution in [-0.2, 0) is 6.61 Å². The molecule has 2 aromatic carbocycles. The summed E-state index contributed by atoms with van der Waals surface area (Å²) in [5.41, 5.74) is 1.68. The molecular weight excluding hydrogens is 400 g/mol. The van der Waals surface area contributed by atoms with Crippen molar-refractivity contribution in [3.63, 3.8) is 0 Å². The highest BCUT2D eigenvalue weighted by Gasteiger charge is 2.12. The lowest BCUT2D eigenvalue weighted by Crippen LogP contribution is -2.34. The van der Waals surface area contributed by atoms with Crippen molar-refractivity contribution in [2.24, 2.45) is 0 Å². The highest BCUT2D eigenvalue weighted by atomic mass is 35.5. The van der Waals surface area contributed by atoms with E-state index in [0.717, 1.165) is 0 Å². The zero-order valence-corrected chi connectivity index (χ0v) is 16.4. The molecule has 6 nitrogen and oxygen atoms in total. The van der Waals surface area contributed by atoms with E-state index >= 15 is 0 Å². The largest absolute Gasteiger partial charge is 0.497 e. The van der Waals surface area contributed by atoms with Gasteiger partial charge in [0.2, 0.25) is 0 Å². The first kappa shape index (κ1) is 19.9. The van der Waals surface area contributed by atoms with Gasteiger partial charge in [0, 0.05) is 16.8 Å². The lowest BCUT2D eigenvalue weighted by molar-refractivity contribution is 0.0977. The average molecular weight is 417 g/mol. The van der Waals surface area contributed by atoms with Crippen molar-refractivity contribution in [1.29, 1.82) is 0 Å². The highest BCUT2D eigenvalue weighted by Crippen LogP contribution is 2.32. The molecule has 28 heavy (non-hydrogen) atoms. The van der Waals surface area contributed by atoms with Gasteiger partial charge < -0.3 is 19.6 Å². The maximum absolute atomic E-state index is 12.3. The van der Waals surface area contributed by atoms with Crippen molar-refractivity contribution in [2.75, 3.05) is 12.4 Å². The number of furan rings is 1. The number of aliphatic hydroxyl groups is 1. The Labute approximate surface area is 172 Å². The number of nitrogens with one attached hydrogen (secondary N) is 2. The van der Waals surface area contributed by atoms with Crippen molar-refractivity contribution in [3.05, 3.63) is 70.9 Å². The van der Waals surface area contributed by atoms with Crippen molar-refractivity contribution in [2.45, 2.75) is 6.61 Å². The second kappa shape index (κ2) is 8.88. The van der Waals surface area contributed by atoms with E-state index in [2.05, 4.69) is 10.6 Å². The summed E-state index contributed by atoms with van der Waals surface area (Å²) >= 11 is 11.5. The van der Waals surface area contributed by atoms with Gasteiger partial charge in [0.05, 0.1) is 12.1 Å². The Kier molecular flexibility index (Phi) is 6.30. The maximum atomic E-state index is 12.3. The summed E-state index contributed by atoms with van der Waals surface area (Å²) < 4.78 is 10.6. The number of amides is 1. The number of aliphatic hydroxyl groups excluding tert-OH is 1. The molecule has 0 fully saturated rings. The van der Waals surface area contributed by atoms with E-state index in [1.165, 1.54) is 7.11 Å². The summed E-state index contributed by atoms with van der Waals surface area (Å²) in [7, 11) is 1.53. The van der Waals surface area contributed by atoms with Crippen LogP contribution in [0, 0.1) is 0 Å². The molecule has 0 bridgehead atoms. The molecule has 0 radical (unpaired) electrons. The summed E-state index contributed by atoms with van der Waals surface area (Å²) in [6, 6.07) is 15.3. The summed E-state index contributed by atoms with van der Waals surface area (Å²) in [6.07, 6.45) is 0. The van der Waals surface area contributed by atoms with Crippen molar-refractivity contribution in [1.82, 2.24) is 5.32 Å². The minimum absolute atomic E-state index is 0.136. The number of ether oxygens (including phenoxy) is 1. The number of benzene rings is 2. The lowest BCUT2D eigenvalue weighted by atomic mass is 10.1. The third-order valence-electron chi connectivity index (χ3n) is 3.87. The van der Waals surface area contributed by atoms with Gasteiger partial charge in [-0.3, -0.25) is 10.1 Å². The number of halogens is 1. The van der Waals surface area contributed by atoms with Gasteiger partial charge in [-0.1, -0.05) is 17.7 Å². The second-order valence-corrected chi connectivity index (χ2v) is 6.57. The predicted molar refractivity (Wildman–Crippen MR) is 112 cm³/mol. The Morgan fingerprint density at radius 2 is 2.04 bits per heavy atom. The van der Waals surface area contributed by atoms with E-state index in [9.17, 15) is 4.79 Å². The van der Waals surface area contributed by atoms with Crippen LogP contribution >= 0.6 is 23.8 Å². The third-order valence-corrected chi connectivity index (χ3v) is 4.40. The molecular formula is C20H17ClN2O4S. The van der Waals surface area contributed by atoms with Gasteiger partial charge in [0.15, 0.2) is 5.11 Å². The number of carbonyl (C=O) groups excluding carboxylic acids is 1. The second-order valence-electron chi connectivity index (χ2n) is 5.76. The molecule has 0 spiro atoms. The molecule has 1 aromatic heterocycles. The quantitative estimate of drug-likeness (QED) is 0.540. The van der Waals surface area contributed by atoms with Crippen LogP contribution in [0.4, 0.5) is 5.69 Å². The SMILES string of the molecule is COc1cccc(C(=O)NC(=S)Nc2ccc(Cl)c(-c3ccc(CO)o3)c2)c1. The number of carbonyl (C=O) groups is 1. The fourth-order valence-corrected chi connectivity index (χ4v) is 2.92. The molecule has 1 amide bonds. The number of hydrogen-bond acceptors (Lipinski definition) is 5. The first-order valence-corrected chi connectivity index (χ1v) is 9.04. The summed E-state index contributed by atoms with van der Waals surface area (Å²) in [5, 5.41) is 15.3. The van der Waals surface area contributed by atoms with Gasteiger partial charge in [-0.25, -0.2) is 0 Å². The van der Waals surface area contributed by atoms with Crippen LogP contribution < -0.4 is 15.4 Å². The minimum Gasteiger partial charge on any atom is -0.497 e. The van der Waals surface area contributed by atoms with Gasteiger partial charge in [0.25, 0.3) is 5.91 Å². The van der Waals surface area contributed by atoms with E-state index in [1.54, 1.807) is 54.6 Å². The summed E-state index contributed by atoms with van der Waals surface area (Å²) in [5.74, 6) is 1.17. The molecule has 3 aromatic rings. The average Bonchev–Trinajstić information content (AvgIpc) is 3.18. The van der Waals surface area contributed by atoms with Crippen LogP contribution in [0.2, 0.25) is 5.02 Å². The standard InChI is InChI=1S/C20H17ClN2O4S/c1-26-14-4-2-3-12(9-14)19(25)23-20(28)22-13-5-7-17(21)16(10-13)18-8-6-15(11-24)27-18/h2-10,24H,11H2,1H3,(H2,22,23,25,28). The topological polar surface area (TPSA) is 83.7 Å². The smallest absolute Gasteiger partial charge is 0.257 e. The van der Waals surface area contributed by atoms with Crippen molar-refractivity contribution >= 4 is 40.5 Å². The van der Waals surface area contributed by atoms with Crippen LogP contribution in [0.1, 0.15) is 16.1 Å². The zero-order chi connectivity index (χ0) is 20.1. The van der Waals surface area contributed by atoms with Gasteiger partial charge in [-0.15, -0.1) is 0 Å². The predicted octanol–water partition coefficient (Wildman–Crippen LogP) is 4.23. The normalized spacial score (nSPS) is 10.4. The number of rotatable bonds is 5. The van der Waals surface area contributed by atoms with Gasteiger partial charge in [-0.05, 0) is 60.7 Å². The lowest BCUT2D eigenvalue weighted by Gasteiger charge is -2.11. The van der Waals surface area contributed by atoms with Crippen LogP contribution in [0.5, 0.6) is 5.75 Å². The first-order valence-electron chi connectivity index (χ1n) is 8.26. The fourth-order valence-electron chi connectivity index (χ4n) is 2.50. The molecule has 0 aliphatic rings. The fraction of sp³-hybridized carbons (Fsp3) is 0.100. The van der Waals surface area contributed by atoms with E-state index in [0.29, 0.717) is 39.1 Å². The zero-order valence-electron chi connectivity index (χ0n) is 14.9. The molecule has 0 saturated heterocycles. The van der Waals surface area contributed by atoms with Crippen LogP contribution in [-0.4, -0.2) is 23.2 Å². The number of thiocarbonyl (C=S) groups is 1. The van der Waals surface area contributed by atoms with E-state index < -0.39 is 0 Å². The Balaban J connectivity index is 1.71. The molecule has 0 aliphatic heterocycles. The van der Waals surface area contributed by atoms with Crippen molar-refractivity contribution in [3.8, 4) is 17.1 Å². The molecule has 0 saturated carbocycles. The Hall–Kier alpha value is -2.87. The molecule has 3 N–H and O–H groups in total. The molecule has 8 heteroatoms. The third kappa shape index (κ3) is 4.69. The van der Waals surface area contributed by atoms with E-state index in [1.807, 2.05) is 0 Å². The summed E-state index contributed by atoms with van der Waals surface area (Å²) in [6.45, 7) is -0.198. The van der Waals surface area contributed by atoms with Crippen LogP contribution in [0.25, 0.3) is 11.3 Å². The molecule has 0 atom stereocenters. The minimum atomic E-state index is -0.357. The Morgan fingerprint density at radius 1 is 1.21 bits per heavy atom. The molecule has 3 rings (SSSR count). The molecule has 144 valence electrons. The van der Waals surface area contributed by atoms with Gasteiger partial charge in [0.1, 0.15) is 23.9 Å². The van der Waals surface area contributed by atoms with Gasteiger partial charge >= 0.3 is 0 Å². The number of anilines is 1. The molecule has 0 unspecified atom stereocenters.